The normalized spacial score (nSPS) is 17.7. The van der Waals surface area contributed by atoms with Crippen molar-refractivity contribution in [3.8, 4) is 0 Å². The molecule has 1 aliphatic heterocycles. The van der Waals surface area contributed by atoms with Crippen LogP contribution in [0.3, 0.4) is 0 Å². The van der Waals surface area contributed by atoms with Gasteiger partial charge in [0.2, 0.25) is 0 Å². The fourth-order valence-corrected chi connectivity index (χ4v) is 4.00. The molecule has 1 fully saturated rings. The maximum absolute atomic E-state index is 4.68. The van der Waals surface area contributed by atoms with Crippen LogP contribution in [-0.4, -0.2) is 34.8 Å². The maximum atomic E-state index is 4.68. The number of aromatic nitrogens is 3. The van der Waals surface area contributed by atoms with Crippen molar-refractivity contribution in [3.63, 3.8) is 0 Å². The molecule has 4 rings (SSSR count). The first-order valence-electron chi connectivity index (χ1n) is 7.55. The van der Waals surface area contributed by atoms with E-state index >= 15 is 0 Å². The molecular weight excluding hydrogens is 282 g/mol. The minimum atomic E-state index is 0.673. The van der Waals surface area contributed by atoms with E-state index < -0.39 is 0 Å². The molecule has 2 aliphatic rings. The van der Waals surface area contributed by atoms with Crippen LogP contribution in [0.4, 0.5) is 10.9 Å². The third-order valence-corrected chi connectivity index (χ3v) is 5.32. The number of aryl methyl sites for hydroxylation is 3. The summed E-state index contributed by atoms with van der Waals surface area (Å²) < 4.78 is 0. The number of nitrogens with zero attached hydrogens (tertiary/aromatic N) is 4. The minimum Gasteiger partial charge on any atom is -0.361 e. The molecule has 1 saturated heterocycles. The van der Waals surface area contributed by atoms with Gasteiger partial charge in [-0.1, -0.05) is 0 Å². The number of thiazole rings is 1. The molecule has 0 bridgehead atoms. The van der Waals surface area contributed by atoms with Gasteiger partial charge in [-0.3, -0.25) is 0 Å². The van der Waals surface area contributed by atoms with Gasteiger partial charge in [-0.05, 0) is 38.3 Å². The quantitative estimate of drug-likeness (QED) is 0.939. The van der Waals surface area contributed by atoms with Crippen molar-refractivity contribution >= 4 is 22.3 Å². The van der Waals surface area contributed by atoms with Gasteiger partial charge in [0.25, 0.3) is 0 Å². The highest BCUT2D eigenvalue weighted by Gasteiger charge is 2.28. The first kappa shape index (κ1) is 13.0. The van der Waals surface area contributed by atoms with Crippen molar-refractivity contribution in [2.24, 2.45) is 5.92 Å². The van der Waals surface area contributed by atoms with Gasteiger partial charge in [-0.2, -0.15) is 5.10 Å². The van der Waals surface area contributed by atoms with Crippen molar-refractivity contribution in [1.82, 2.24) is 15.2 Å². The van der Waals surface area contributed by atoms with Gasteiger partial charge in [0.1, 0.15) is 0 Å². The van der Waals surface area contributed by atoms with E-state index in [2.05, 4.69) is 31.5 Å². The number of anilines is 2. The van der Waals surface area contributed by atoms with Crippen LogP contribution >= 0.6 is 11.3 Å². The fourth-order valence-electron chi connectivity index (χ4n) is 2.94. The highest BCUT2D eigenvalue weighted by Crippen LogP contribution is 2.31. The van der Waals surface area contributed by atoms with Crippen molar-refractivity contribution in [3.05, 3.63) is 28.4 Å². The lowest BCUT2D eigenvalue weighted by molar-refractivity contribution is 0.425. The van der Waals surface area contributed by atoms with Crippen molar-refractivity contribution < 1.29 is 0 Å². The van der Waals surface area contributed by atoms with Crippen LogP contribution in [0.1, 0.15) is 22.7 Å². The van der Waals surface area contributed by atoms with E-state index in [1.165, 1.54) is 23.4 Å². The largest absolute Gasteiger partial charge is 0.361 e. The number of rotatable bonds is 4. The molecule has 2 aromatic rings. The summed E-state index contributed by atoms with van der Waals surface area (Å²) in [5, 5.41) is 13.0. The van der Waals surface area contributed by atoms with Gasteiger partial charge in [0.15, 0.2) is 10.9 Å². The predicted molar refractivity (Wildman–Crippen MR) is 85.1 cm³/mol. The Morgan fingerprint density at radius 1 is 1.29 bits per heavy atom. The molecule has 0 aromatic carbocycles. The molecular formula is C15H19N5S. The van der Waals surface area contributed by atoms with Crippen molar-refractivity contribution in [2.45, 2.75) is 26.2 Å². The molecule has 2 aromatic heterocycles. The van der Waals surface area contributed by atoms with Gasteiger partial charge < -0.3 is 10.2 Å². The first-order chi connectivity index (χ1) is 10.3. The van der Waals surface area contributed by atoms with Crippen molar-refractivity contribution in [2.75, 3.05) is 29.9 Å². The molecule has 1 aliphatic carbocycles. The molecule has 0 unspecified atom stereocenters. The van der Waals surface area contributed by atoms with Gasteiger partial charge in [0.05, 0.1) is 11.4 Å². The summed E-state index contributed by atoms with van der Waals surface area (Å²) in [6.45, 7) is 5.07. The highest BCUT2D eigenvalue weighted by atomic mass is 32.1. The topological polar surface area (TPSA) is 53.9 Å². The van der Waals surface area contributed by atoms with E-state index in [-0.39, 0.29) is 0 Å². The Hall–Kier alpha value is -1.69. The summed E-state index contributed by atoms with van der Waals surface area (Å²) in [6, 6.07) is 4.07. The molecule has 0 atom stereocenters. The lowest BCUT2D eigenvalue weighted by Gasteiger charge is -2.39. The molecule has 110 valence electrons. The SMILES string of the molecule is Cc1ccc(N2CC(CNc3nc4c(s3)CCC4)C2)nn1. The van der Waals surface area contributed by atoms with Crippen LogP contribution < -0.4 is 10.2 Å². The van der Waals surface area contributed by atoms with E-state index in [0.29, 0.717) is 5.92 Å². The Morgan fingerprint density at radius 3 is 2.95 bits per heavy atom. The summed E-state index contributed by atoms with van der Waals surface area (Å²) in [7, 11) is 0. The Balaban J connectivity index is 1.27. The van der Waals surface area contributed by atoms with Gasteiger partial charge >= 0.3 is 0 Å². The minimum absolute atomic E-state index is 0.673. The summed E-state index contributed by atoms with van der Waals surface area (Å²) in [5.41, 5.74) is 2.29. The van der Waals surface area contributed by atoms with E-state index in [1.807, 2.05) is 24.3 Å². The van der Waals surface area contributed by atoms with E-state index in [1.54, 1.807) is 0 Å². The summed E-state index contributed by atoms with van der Waals surface area (Å²) >= 11 is 1.84. The maximum Gasteiger partial charge on any atom is 0.183 e. The second-order valence-corrected chi connectivity index (χ2v) is 7.01. The molecule has 21 heavy (non-hydrogen) atoms. The zero-order valence-corrected chi connectivity index (χ0v) is 13.0. The van der Waals surface area contributed by atoms with Crippen LogP contribution in [0.2, 0.25) is 0 Å². The number of hydrogen-bond donors (Lipinski definition) is 1. The third kappa shape index (κ3) is 2.60. The van der Waals surface area contributed by atoms with E-state index in [4.69, 9.17) is 0 Å². The average Bonchev–Trinajstić information content (AvgIpc) is 2.99. The smallest absolute Gasteiger partial charge is 0.183 e. The van der Waals surface area contributed by atoms with Crippen molar-refractivity contribution in [1.29, 1.82) is 0 Å². The van der Waals surface area contributed by atoms with Crippen LogP contribution in [0, 0.1) is 12.8 Å². The number of nitrogens with one attached hydrogen (secondary N) is 1. The molecule has 0 amide bonds. The lowest BCUT2D eigenvalue weighted by atomic mass is 10.0. The molecule has 0 radical (unpaired) electrons. The van der Waals surface area contributed by atoms with Gasteiger partial charge in [-0.15, -0.1) is 16.4 Å². The van der Waals surface area contributed by atoms with Gasteiger partial charge in [-0.25, -0.2) is 4.98 Å². The average molecular weight is 301 g/mol. The molecule has 3 heterocycles. The molecule has 0 spiro atoms. The van der Waals surface area contributed by atoms with Crippen LogP contribution in [-0.2, 0) is 12.8 Å². The number of hydrogen-bond acceptors (Lipinski definition) is 6. The standard InChI is InChI=1S/C15H19N5S/c1-10-5-6-14(19-18-10)20-8-11(9-20)7-16-15-17-12-3-2-4-13(12)21-15/h5-6,11H,2-4,7-9H2,1H3,(H,16,17). The molecule has 5 nitrogen and oxygen atoms in total. The molecule has 1 N–H and O–H groups in total. The lowest BCUT2D eigenvalue weighted by Crippen LogP contribution is -2.50. The zero-order valence-electron chi connectivity index (χ0n) is 12.2. The summed E-state index contributed by atoms with van der Waals surface area (Å²) in [5.74, 6) is 1.66. The van der Waals surface area contributed by atoms with Crippen LogP contribution in [0.25, 0.3) is 0 Å². The molecule has 0 saturated carbocycles. The molecule has 6 heteroatoms. The Kier molecular flexibility index (Phi) is 3.25. The fraction of sp³-hybridized carbons (Fsp3) is 0.533. The Morgan fingerprint density at radius 2 is 2.19 bits per heavy atom. The summed E-state index contributed by atoms with van der Waals surface area (Å²) in [4.78, 5) is 8.45. The third-order valence-electron chi connectivity index (χ3n) is 4.20. The van der Waals surface area contributed by atoms with Crippen LogP contribution in [0.15, 0.2) is 12.1 Å². The highest BCUT2D eigenvalue weighted by molar-refractivity contribution is 7.15. The number of fused-ring (bicyclic) bond motifs is 1. The first-order valence-corrected chi connectivity index (χ1v) is 8.37. The predicted octanol–water partition coefficient (Wildman–Crippen LogP) is 2.28. The monoisotopic (exact) mass is 301 g/mol. The Bertz CT molecular complexity index is 609. The van der Waals surface area contributed by atoms with E-state index in [0.717, 1.165) is 42.7 Å². The summed E-state index contributed by atoms with van der Waals surface area (Å²) in [6.07, 6.45) is 3.67. The Labute approximate surface area is 128 Å². The van der Waals surface area contributed by atoms with Gasteiger partial charge in [0, 0.05) is 30.4 Å². The zero-order chi connectivity index (χ0) is 14.2. The second-order valence-electron chi connectivity index (χ2n) is 5.93. The van der Waals surface area contributed by atoms with E-state index in [9.17, 15) is 0 Å². The second kappa shape index (κ2) is 5.26. The van der Waals surface area contributed by atoms with Crippen LogP contribution in [0.5, 0.6) is 0 Å².